The molecule has 0 aliphatic heterocycles. The third-order valence-corrected chi connectivity index (χ3v) is 3.81. The molecule has 130 valence electrons. The summed E-state index contributed by atoms with van der Waals surface area (Å²) < 4.78 is 30.4. The normalized spacial score (nSPS) is 12.9. The van der Waals surface area contributed by atoms with Crippen molar-refractivity contribution in [2.75, 3.05) is 12.8 Å². The molecule has 10 heteroatoms. The van der Waals surface area contributed by atoms with Gasteiger partial charge < -0.3 is 4.74 Å². The Balaban J connectivity index is 1.92. The molecule has 0 aliphatic rings. The van der Waals surface area contributed by atoms with Crippen LogP contribution in [0.1, 0.15) is 13.3 Å². The van der Waals surface area contributed by atoms with E-state index in [4.69, 9.17) is 4.74 Å². The second-order valence-corrected chi connectivity index (χ2v) is 7.14. The van der Waals surface area contributed by atoms with Gasteiger partial charge in [-0.25, -0.2) is 17.8 Å². The summed E-state index contributed by atoms with van der Waals surface area (Å²) in [5.74, 6) is -0.556. The number of hydrogen-bond donors (Lipinski definition) is 1. The van der Waals surface area contributed by atoms with E-state index in [-0.39, 0.29) is 25.1 Å². The van der Waals surface area contributed by atoms with Gasteiger partial charge in [0, 0.05) is 6.54 Å². The quantitative estimate of drug-likeness (QED) is 0.675. The number of aryl methyl sites for hydroxylation is 1. The molecule has 24 heavy (non-hydrogen) atoms. The maximum Gasteiger partial charge on any atom is 0.307 e. The summed E-state index contributed by atoms with van der Waals surface area (Å²) in [6.45, 7) is 1.58. The Morgan fingerprint density at radius 3 is 2.79 bits per heavy atom. The number of nitrogens with one attached hydrogen (secondary N) is 1. The van der Waals surface area contributed by atoms with Crippen LogP contribution in [0, 0.1) is 0 Å². The van der Waals surface area contributed by atoms with E-state index in [1.807, 2.05) is 0 Å². The first-order valence-corrected chi connectivity index (χ1v) is 9.12. The minimum Gasteiger partial charge on any atom is -0.461 e. The minimum absolute atomic E-state index is 0.0136. The third kappa shape index (κ3) is 5.10. The topological polar surface area (TPSA) is 120 Å². The Labute approximate surface area is 138 Å². The van der Waals surface area contributed by atoms with Crippen LogP contribution in [0.3, 0.4) is 0 Å². The van der Waals surface area contributed by atoms with Crippen molar-refractivity contribution in [3.05, 3.63) is 34.6 Å². The van der Waals surface area contributed by atoms with Crippen LogP contribution in [-0.2, 0) is 26.1 Å². The molecule has 0 amide bonds. The number of rotatable bonds is 7. The standard InChI is InChI=1S/C14H18N4O5S/c1-10(9-15-24(2,21)22)23-13(19)7-8-18-14(20)11-5-3-4-6-12(11)16-17-18/h3-6,10,15H,7-9H2,1-2H3. The van der Waals surface area contributed by atoms with Gasteiger partial charge in [-0.15, -0.1) is 5.10 Å². The van der Waals surface area contributed by atoms with Gasteiger partial charge in [-0.05, 0) is 19.1 Å². The van der Waals surface area contributed by atoms with E-state index in [1.54, 1.807) is 31.2 Å². The Kier molecular flexibility index (Phi) is 5.62. The highest BCUT2D eigenvalue weighted by atomic mass is 32.2. The summed E-state index contributed by atoms with van der Waals surface area (Å²) in [6.07, 6.45) is 0.328. The number of ether oxygens (including phenoxy) is 1. The molecule has 2 rings (SSSR count). The van der Waals surface area contributed by atoms with E-state index in [0.29, 0.717) is 10.9 Å². The van der Waals surface area contributed by atoms with Crippen molar-refractivity contribution in [3.63, 3.8) is 0 Å². The zero-order chi connectivity index (χ0) is 17.7. The van der Waals surface area contributed by atoms with Crippen molar-refractivity contribution in [3.8, 4) is 0 Å². The summed E-state index contributed by atoms with van der Waals surface area (Å²) in [5.41, 5.74) is 0.155. The molecule has 1 aromatic carbocycles. The summed E-state index contributed by atoms with van der Waals surface area (Å²) >= 11 is 0. The lowest BCUT2D eigenvalue weighted by Gasteiger charge is -2.13. The highest BCUT2D eigenvalue weighted by Gasteiger charge is 2.13. The lowest BCUT2D eigenvalue weighted by atomic mass is 10.2. The SMILES string of the molecule is CC(CNS(C)(=O)=O)OC(=O)CCn1nnc2ccccc2c1=O. The van der Waals surface area contributed by atoms with E-state index in [0.717, 1.165) is 10.9 Å². The van der Waals surface area contributed by atoms with Crippen molar-refractivity contribution in [2.45, 2.75) is 26.0 Å². The first-order chi connectivity index (χ1) is 11.3. The molecule has 9 nitrogen and oxygen atoms in total. The molecule has 0 bridgehead atoms. The van der Waals surface area contributed by atoms with Crippen LogP contribution < -0.4 is 10.3 Å². The Morgan fingerprint density at radius 2 is 2.08 bits per heavy atom. The van der Waals surface area contributed by atoms with Gasteiger partial charge in [-0.1, -0.05) is 17.3 Å². The van der Waals surface area contributed by atoms with Gasteiger partial charge in [0.25, 0.3) is 5.56 Å². The largest absolute Gasteiger partial charge is 0.461 e. The molecular weight excluding hydrogens is 336 g/mol. The van der Waals surface area contributed by atoms with E-state index in [9.17, 15) is 18.0 Å². The van der Waals surface area contributed by atoms with Gasteiger partial charge in [-0.3, -0.25) is 9.59 Å². The van der Waals surface area contributed by atoms with Crippen LogP contribution in [0.15, 0.2) is 29.1 Å². The zero-order valence-electron chi connectivity index (χ0n) is 13.3. The van der Waals surface area contributed by atoms with Gasteiger partial charge >= 0.3 is 5.97 Å². The maximum absolute atomic E-state index is 12.2. The highest BCUT2D eigenvalue weighted by molar-refractivity contribution is 7.88. The third-order valence-electron chi connectivity index (χ3n) is 3.12. The van der Waals surface area contributed by atoms with Crippen LogP contribution in [0.5, 0.6) is 0 Å². The van der Waals surface area contributed by atoms with Gasteiger partial charge in [0.2, 0.25) is 10.0 Å². The van der Waals surface area contributed by atoms with Crippen molar-refractivity contribution in [1.29, 1.82) is 0 Å². The molecule has 1 aromatic heterocycles. The fourth-order valence-corrected chi connectivity index (χ4v) is 2.50. The second kappa shape index (κ2) is 7.49. The molecule has 1 heterocycles. The minimum atomic E-state index is -3.34. The fraction of sp³-hybridized carbons (Fsp3) is 0.429. The number of esters is 1. The summed E-state index contributed by atoms with van der Waals surface area (Å²) in [6, 6.07) is 6.80. The number of benzene rings is 1. The van der Waals surface area contributed by atoms with Gasteiger partial charge in [0.1, 0.15) is 11.6 Å². The number of nitrogens with zero attached hydrogens (tertiary/aromatic N) is 3. The predicted molar refractivity (Wildman–Crippen MR) is 86.8 cm³/mol. The number of hydrogen-bond acceptors (Lipinski definition) is 7. The first-order valence-electron chi connectivity index (χ1n) is 7.23. The molecule has 0 fully saturated rings. The monoisotopic (exact) mass is 354 g/mol. The van der Waals surface area contributed by atoms with Crippen LogP contribution in [0.4, 0.5) is 0 Å². The number of sulfonamides is 1. The van der Waals surface area contributed by atoms with Gasteiger partial charge in [0.15, 0.2) is 0 Å². The van der Waals surface area contributed by atoms with Crippen LogP contribution in [-0.4, -0.2) is 48.3 Å². The lowest BCUT2D eigenvalue weighted by Crippen LogP contribution is -2.33. The van der Waals surface area contributed by atoms with E-state index in [2.05, 4.69) is 15.0 Å². The first kappa shape index (κ1) is 18.0. The maximum atomic E-state index is 12.2. The summed E-state index contributed by atoms with van der Waals surface area (Å²) in [7, 11) is -3.34. The molecule has 0 saturated heterocycles. The molecule has 0 radical (unpaired) electrons. The molecule has 1 atom stereocenters. The van der Waals surface area contributed by atoms with Crippen LogP contribution in [0.25, 0.3) is 10.9 Å². The average Bonchev–Trinajstić information content (AvgIpc) is 2.52. The van der Waals surface area contributed by atoms with Crippen molar-refractivity contribution >= 4 is 26.9 Å². The molecule has 0 saturated carbocycles. The molecular formula is C14H18N4O5S. The smallest absolute Gasteiger partial charge is 0.307 e. The fourth-order valence-electron chi connectivity index (χ4n) is 1.96. The number of carbonyl (C=O) groups is 1. The average molecular weight is 354 g/mol. The number of carbonyl (C=O) groups excluding carboxylic acids is 1. The van der Waals surface area contributed by atoms with Crippen molar-refractivity contribution in [1.82, 2.24) is 19.7 Å². The zero-order valence-corrected chi connectivity index (χ0v) is 14.1. The molecule has 1 N–H and O–H groups in total. The second-order valence-electron chi connectivity index (χ2n) is 5.31. The predicted octanol–water partition coefficient (Wildman–Crippen LogP) is -0.337. The van der Waals surface area contributed by atoms with Crippen LogP contribution in [0.2, 0.25) is 0 Å². The summed E-state index contributed by atoms with van der Waals surface area (Å²) in [5, 5.41) is 8.13. The Hall–Kier alpha value is -2.33. The highest BCUT2D eigenvalue weighted by Crippen LogP contribution is 2.04. The van der Waals surface area contributed by atoms with Crippen LogP contribution >= 0.6 is 0 Å². The Morgan fingerprint density at radius 1 is 1.38 bits per heavy atom. The van der Waals surface area contributed by atoms with E-state index < -0.39 is 22.1 Å². The van der Waals surface area contributed by atoms with Gasteiger partial charge in [0.05, 0.1) is 24.6 Å². The lowest BCUT2D eigenvalue weighted by molar-refractivity contribution is -0.148. The summed E-state index contributed by atoms with van der Waals surface area (Å²) in [4.78, 5) is 24.0. The molecule has 1 unspecified atom stereocenters. The molecule has 2 aromatic rings. The van der Waals surface area contributed by atoms with Crippen molar-refractivity contribution in [2.24, 2.45) is 0 Å². The van der Waals surface area contributed by atoms with Gasteiger partial charge in [-0.2, -0.15) is 0 Å². The van der Waals surface area contributed by atoms with Crippen molar-refractivity contribution < 1.29 is 17.9 Å². The number of fused-ring (bicyclic) bond motifs is 1. The number of aromatic nitrogens is 3. The van der Waals surface area contributed by atoms with E-state index >= 15 is 0 Å². The molecule has 0 aliphatic carbocycles. The Bertz CT molecular complexity index is 893. The van der Waals surface area contributed by atoms with E-state index in [1.165, 1.54) is 0 Å². The molecule has 0 spiro atoms.